The molecule has 0 unspecified atom stereocenters. The van der Waals surface area contributed by atoms with Crippen LogP contribution in [0.3, 0.4) is 0 Å². The molecule has 0 aliphatic carbocycles. The van der Waals surface area contributed by atoms with Gasteiger partial charge in [0.05, 0.1) is 27.3 Å². The number of fused-ring (bicyclic) bond motifs is 1. The van der Waals surface area contributed by atoms with Crippen molar-refractivity contribution in [1.29, 1.82) is 0 Å². The molecule has 1 amide bonds. The number of aromatic nitrogens is 4. The van der Waals surface area contributed by atoms with Crippen molar-refractivity contribution in [2.45, 2.75) is 19.0 Å². The van der Waals surface area contributed by atoms with Crippen molar-refractivity contribution < 1.29 is 22.7 Å². The Kier molecular flexibility index (Phi) is 5.77. The second-order valence-electron chi connectivity index (χ2n) is 7.76. The van der Waals surface area contributed by atoms with Gasteiger partial charge >= 0.3 is 17.9 Å². The predicted octanol–water partition coefficient (Wildman–Crippen LogP) is 1.57. The van der Waals surface area contributed by atoms with Crippen LogP contribution < -0.4 is 20.8 Å². The Balaban J connectivity index is 1.86. The first-order valence-electron chi connectivity index (χ1n) is 9.27. The third kappa shape index (κ3) is 5.02. The number of aryl methyl sites for hydroxylation is 2. The highest BCUT2D eigenvalue weighted by molar-refractivity contribution is 5.86. The third-order valence-corrected chi connectivity index (χ3v) is 4.37. The monoisotopic (exact) mass is 439 g/mol. The predicted molar refractivity (Wildman–Crippen MR) is 107 cm³/mol. The zero-order chi connectivity index (χ0) is 23.0. The van der Waals surface area contributed by atoms with Crippen LogP contribution in [0.2, 0.25) is 0 Å². The van der Waals surface area contributed by atoms with Crippen molar-refractivity contribution in [1.82, 2.24) is 23.8 Å². The summed E-state index contributed by atoms with van der Waals surface area (Å²) in [5.74, 6) is 0.455. The van der Waals surface area contributed by atoms with Gasteiger partial charge < -0.3 is 10.5 Å². The van der Waals surface area contributed by atoms with Crippen LogP contribution in [0.25, 0.3) is 11.2 Å². The first kappa shape index (κ1) is 22.3. The third-order valence-electron chi connectivity index (χ3n) is 4.37. The largest absolute Gasteiger partial charge is 0.484 e. The standard InChI is InChI=1S/C19H21F3N6O3/c1-28(2,3)27-14-10-24-15(25-16(14)26(17(23)29)18(27)30)8-7-12-5-4-6-13(9-12)31-11-19(20,21)22/h4-6,9-10H,7-8,11H2,1-3H3,(H-,23,29)/p+1. The van der Waals surface area contributed by atoms with Gasteiger partial charge in [-0.2, -0.15) is 17.7 Å². The summed E-state index contributed by atoms with van der Waals surface area (Å²) in [6.45, 7) is -1.37. The molecule has 31 heavy (non-hydrogen) atoms. The normalized spacial score (nSPS) is 12.3. The number of imidazole rings is 1. The van der Waals surface area contributed by atoms with Crippen molar-refractivity contribution in [3.8, 4) is 5.75 Å². The molecule has 0 saturated heterocycles. The summed E-state index contributed by atoms with van der Waals surface area (Å²) in [6.07, 6.45) is -2.24. The molecule has 3 rings (SSSR count). The lowest BCUT2D eigenvalue weighted by Gasteiger charge is -2.23. The molecule has 0 fully saturated rings. The molecular weight excluding hydrogens is 417 g/mol. The fraction of sp³-hybridized carbons (Fsp3) is 0.368. The summed E-state index contributed by atoms with van der Waals surface area (Å²) in [5, 5.41) is 0. The van der Waals surface area contributed by atoms with Gasteiger partial charge in [-0.05, 0) is 24.1 Å². The average molecular weight is 439 g/mol. The molecule has 0 atom stereocenters. The number of halogens is 3. The van der Waals surface area contributed by atoms with Gasteiger partial charge in [0, 0.05) is 6.42 Å². The summed E-state index contributed by atoms with van der Waals surface area (Å²) in [4.78, 5) is 33.1. The number of nitrogens with two attached hydrogens (primary N) is 1. The van der Waals surface area contributed by atoms with Crippen LogP contribution in [0.4, 0.5) is 18.0 Å². The molecule has 3 aromatic rings. The number of hydrogen-bond donors (Lipinski definition) is 1. The number of ether oxygens (including phenoxy) is 1. The van der Waals surface area contributed by atoms with E-state index < -0.39 is 24.5 Å². The summed E-state index contributed by atoms with van der Waals surface area (Å²) < 4.78 is 44.0. The van der Waals surface area contributed by atoms with E-state index in [1.807, 2.05) is 0 Å². The quantitative estimate of drug-likeness (QED) is 0.587. The summed E-state index contributed by atoms with van der Waals surface area (Å²) >= 11 is 0. The Bertz CT molecular complexity index is 1180. The van der Waals surface area contributed by atoms with E-state index in [-0.39, 0.29) is 16.0 Å². The van der Waals surface area contributed by atoms with Gasteiger partial charge in [0.2, 0.25) is 0 Å². The van der Waals surface area contributed by atoms with Gasteiger partial charge in [0.1, 0.15) is 11.6 Å². The van der Waals surface area contributed by atoms with Crippen molar-refractivity contribution >= 4 is 17.2 Å². The van der Waals surface area contributed by atoms with Crippen LogP contribution in [-0.2, 0) is 12.8 Å². The van der Waals surface area contributed by atoms with Crippen LogP contribution in [0.5, 0.6) is 5.75 Å². The lowest BCUT2D eigenvalue weighted by Crippen LogP contribution is -2.53. The molecule has 0 spiro atoms. The van der Waals surface area contributed by atoms with Crippen LogP contribution in [0.15, 0.2) is 35.3 Å². The number of quaternary nitrogens is 1. The van der Waals surface area contributed by atoms with Crippen molar-refractivity contribution in [2.75, 3.05) is 27.7 Å². The van der Waals surface area contributed by atoms with E-state index in [1.165, 1.54) is 23.0 Å². The zero-order valence-corrected chi connectivity index (χ0v) is 17.2. The van der Waals surface area contributed by atoms with Crippen LogP contribution in [-0.4, -0.2) is 59.2 Å². The number of alkyl halides is 3. The van der Waals surface area contributed by atoms with E-state index in [0.717, 1.165) is 10.1 Å². The molecule has 9 nitrogen and oxygen atoms in total. The highest BCUT2D eigenvalue weighted by atomic mass is 19.4. The minimum absolute atomic E-state index is 0.0725. The van der Waals surface area contributed by atoms with Gasteiger partial charge in [-0.25, -0.2) is 24.1 Å². The maximum absolute atomic E-state index is 12.7. The number of hydrogen-bond acceptors (Lipinski definition) is 5. The number of primary amides is 1. The number of carbonyl (C=O) groups excluding carboxylic acids is 1. The Labute approximate surface area is 175 Å². The van der Waals surface area contributed by atoms with Crippen molar-refractivity contribution in [3.05, 3.63) is 52.3 Å². The van der Waals surface area contributed by atoms with E-state index in [4.69, 9.17) is 10.5 Å². The number of nitrogens with zero attached hydrogens (tertiary/aromatic N) is 5. The van der Waals surface area contributed by atoms with Gasteiger partial charge in [-0.1, -0.05) is 12.1 Å². The molecule has 2 N–H and O–H groups in total. The number of rotatable bonds is 6. The fourth-order valence-electron chi connectivity index (χ4n) is 3.12. The summed E-state index contributed by atoms with van der Waals surface area (Å²) in [6, 6.07) is 5.33. The second-order valence-corrected chi connectivity index (χ2v) is 7.76. The Morgan fingerprint density at radius 2 is 1.94 bits per heavy atom. The number of benzene rings is 1. The first-order valence-corrected chi connectivity index (χ1v) is 9.27. The molecule has 166 valence electrons. The van der Waals surface area contributed by atoms with Crippen LogP contribution >= 0.6 is 0 Å². The zero-order valence-electron chi connectivity index (χ0n) is 17.2. The topological polar surface area (TPSA) is 105 Å². The lowest BCUT2D eigenvalue weighted by molar-refractivity contribution is -0.153. The van der Waals surface area contributed by atoms with E-state index >= 15 is 0 Å². The first-order chi connectivity index (χ1) is 14.4. The van der Waals surface area contributed by atoms with Gasteiger partial charge in [0.25, 0.3) is 0 Å². The van der Waals surface area contributed by atoms with Crippen molar-refractivity contribution in [3.63, 3.8) is 0 Å². The number of amides is 1. The minimum Gasteiger partial charge on any atom is -0.484 e. The van der Waals surface area contributed by atoms with Crippen LogP contribution in [0, 0.1) is 0 Å². The fourth-order valence-corrected chi connectivity index (χ4v) is 3.12. The average Bonchev–Trinajstić information content (AvgIpc) is 2.96. The second kappa shape index (κ2) is 8.02. The summed E-state index contributed by atoms with van der Waals surface area (Å²) in [7, 11) is 5.23. The maximum atomic E-state index is 12.7. The van der Waals surface area contributed by atoms with E-state index in [0.29, 0.717) is 24.2 Å². The highest BCUT2D eigenvalue weighted by Crippen LogP contribution is 2.20. The van der Waals surface area contributed by atoms with Crippen molar-refractivity contribution in [2.24, 2.45) is 5.73 Å². The smallest absolute Gasteiger partial charge is 0.422 e. The highest BCUT2D eigenvalue weighted by Gasteiger charge is 2.28. The molecule has 0 saturated carbocycles. The maximum Gasteiger partial charge on any atom is 0.422 e. The van der Waals surface area contributed by atoms with E-state index in [2.05, 4.69) is 9.97 Å². The molecule has 0 aliphatic rings. The Morgan fingerprint density at radius 1 is 1.23 bits per heavy atom. The SMILES string of the molecule is C[N+](C)(C)n1c(=O)n(C(N)=O)c2nc(CCc3cccc(OCC(F)(F)F)c3)ncc21. The molecule has 0 aliphatic heterocycles. The van der Waals surface area contributed by atoms with E-state index in [1.54, 1.807) is 33.3 Å². The Morgan fingerprint density at radius 3 is 2.55 bits per heavy atom. The molecule has 12 heteroatoms. The molecule has 2 heterocycles. The van der Waals surface area contributed by atoms with Gasteiger partial charge in [-0.15, -0.1) is 4.68 Å². The molecule has 0 radical (unpaired) electrons. The lowest BCUT2D eigenvalue weighted by atomic mass is 10.1. The molecule has 0 bridgehead atoms. The minimum atomic E-state index is -4.42. The van der Waals surface area contributed by atoms with Gasteiger partial charge in [0.15, 0.2) is 17.8 Å². The van der Waals surface area contributed by atoms with Crippen LogP contribution in [0.1, 0.15) is 11.4 Å². The van der Waals surface area contributed by atoms with Gasteiger partial charge in [-0.3, -0.25) is 0 Å². The molecule has 1 aromatic carbocycles. The molecule has 2 aromatic heterocycles. The molecular formula is C19H22F3N6O3+. The number of carbonyl (C=O) groups is 1. The summed E-state index contributed by atoms with van der Waals surface area (Å²) in [5.41, 5.74) is 5.92. The Hall–Kier alpha value is -3.41. The van der Waals surface area contributed by atoms with E-state index in [9.17, 15) is 22.8 Å².